The van der Waals surface area contributed by atoms with Gasteiger partial charge in [-0.15, -0.1) is 23.1 Å². The Balaban J connectivity index is 1.23. The molecule has 0 bridgehead atoms. The first-order chi connectivity index (χ1) is 25.4. The lowest BCUT2D eigenvalue weighted by Gasteiger charge is -2.17. The number of nitrogens with one attached hydrogen (secondary N) is 3. The molecule has 256 valence electrons. The number of methoxy groups -OCH3 is 1. The molecule has 0 aliphatic carbocycles. The van der Waals surface area contributed by atoms with E-state index < -0.39 is 17.1 Å². The minimum absolute atomic E-state index is 0.0396. The number of hydrogen-bond donors (Lipinski definition) is 3. The van der Waals surface area contributed by atoms with Crippen LogP contribution in [-0.4, -0.2) is 24.8 Å². The van der Waals surface area contributed by atoms with Crippen LogP contribution in [0.1, 0.15) is 32.3 Å². The number of thiophene rings is 1. The number of hydrogen-bond acceptors (Lipinski definition) is 7. The van der Waals surface area contributed by atoms with Crippen LogP contribution in [0.5, 0.6) is 5.75 Å². The average molecular weight is 721 g/mol. The zero-order chi connectivity index (χ0) is 36.3. The fraction of sp³-hybridized carbons (Fsp3) is 0.0476. The first-order valence-corrected chi connectivity index (χ1v) is 17.9. The number of benzene rings is 5. The molecule has 0 saturated carbocycles. The number of ether oxygens (including phenoxy) is 1. The molecule has 1 atom stereocenters. The predicted octanol–water partition coefficient (Wildman–Crippen LogP) is 9.18. The molecule has 10 heteroatoms. The molecule has 8 nitrogen and oxygen atoms in total. The lowest BCUT2D eigenvalue weighted by Crippen LogP contribution is -2.30. The van der Waals surface area contributed by atoms with Crippen molar-refractivity contribution in [1.29, 1.82) is 5.26 Å². The monoisotopic (exact) mass is 720 g/mol. The van der Waals surface area contributed by atoms with Crippen LogP contribution >= 0.6 is 23.1 Å². The molecule has 1 aromatic heterocycles. The molecule has 0 spiro atoms. The summed E-state index contributed by atoms with van der Waals surface area (Å²) in [5, 5.41) is 20.4. The van der Waals surface area contributed by atoms with Gasteiger partial charge in [0.25, 0.3) is 11.8 Å². The van der Waals surface area contributed by atoms with Crippen molar-refractivity contribution in [2.24, 2.45) is 0 Å². The number of amides is 3. The summed E-state index contributed by atoms with van der Waals surface area (Å²) in [6, 6.07) is 44.1. The van der Waals surface area contributed by atoms with Crippen LogP contribution < -0.4 is 20.7 Å². The molecule has 1 heterocycles. The standard InChI is InChI=1S/C42H32N4O4S2/c1-50-33-22-20-28(21-23-33)24-37(45-39(47)31-16-9-4-10-17-31)40(48)44-32-18-11-19-34(25-32)52-38(30-14-7-3-8-15-30)41(49)46-42-35(26-43)36(27-51-42)29-12-5-2-6-13-29/h2-25,27,38H,1H3,(H,44,48)(H,45,47)(H,46,49)/b37-24+. The second-order valence-corrected chi connectivity index (χ2v) is 13.4. The predicted molar refractivity (Wildman–Crippen MR) is 208 cm³/mol. The molecular formula is C42H32N4O4S2. The Labute approximate surface area is 309 Å². The quantitative estimate of drug-likeness (QED) is 0.0857. The third kappa shape index (κ3) is 8.84. The van der Waals surface area contributed by atoms with Crippen LogP contribution in [-0.2, 0) is 9.59 Å². The van der Waals surface area contributed by atoms with Crippen molar-refractivity contribution in [3.8, 4) is 22.9 Å². The highest BCUT2D eigenvalue weighted by molar-refractivity contribution is 8.00. The largest absolute Gasteiger partial charge is 0.497 e. The van der Waals surface area contributed by atoms with Crippen LogP contribution in [0, 0.1) is 11.3 Å². The average Bonchev–Trinajstić information content (AvgIpc) is 3.60. The molecule has 0 radical (unpaired) electrons. The zero-order valence-electron chi connectivity index (χ0n) is 27.9. The molecule has 1 unspecified atom stereocenters. The molecule has 3 N–H and O–H groups in total. The third-order valence-electron chi connectivity index (χ3n) is 7.87. The number of anilines is 2. The maximum atomic E-state index is 14.0. The van der Waals surface area contributed by atoms with E-state index in [0.717, 1.165) is 16.7 Å². The Kier molecular flexibility index (Phi) is 11.6. The highest BCUT2D eigenvalue weighted by Crippen LogP contribution is 2.40. The van der Waals surface area contributed by atoms with Gasteiger partial charge in [0.05, 0.1) is 12.7 Å². The Morgan fingerprint density at radius 1 is 0.808 bits per heavy atom. The van der Waals surface area contributed by atoms with Gasteiger partial charge in [-0.1, -0.05) is 97.1 Å². The highest BCUT2D eigenvalue weighted by atomic mass is 32.2. The highest BCUT2D eigenvalue weighted by Gasteiger charge is 2.25. The van der Waals surface area contributed by atoms with E-state index in [2.05, 4.69) is 22.0 Å². The number of carbonyl (C=O) groups excluding carboxylic acids is 3. The second-order valence-electron chi connectivity index (χ2n) is 11.4. The van der Waals surface area contributed by atoms with Crippen molar-refractivity contribution in [2.45, 2.75) is 10.1 Å². The summed E-state index contributed by atoms with van der Waals surface area (Å²) < 4.78 is 5.25. The van der Waals surface area contributed by atoms with Crippen molar-refractivity contribution >= 4 is 57.6 Å². The topological polar surface area (TPSA) is 120 Å². The van der Waals surface area contributed by atoms with Crippen LogP contribution in [0.3, 0.4) is 0 Å². The SMILES string of the molecule is COc1ccc(/C=C(/NC(=O)c2ccccc2)C(=O)Nc2cccc(SC(C(=O)Nc3scc(-c4ccccc4)c3C#N)c3ccccc3)c2)cc1. The number of rotatable bonds is 12. The van der Waals surface area contributed by atoms with E-state index in [9.17, 15) is 19.6 Å². The molecule has 0 aliphatic heterocycles. The van der Waals surface area contributed by atoms with Crippen LogP contribution in [0.4, 0.5) is 10.7 Å². The summed E-state index contributed by atoms with van der Waals surface area (Å²) >= 11 is 2.62. The molecule has 3 amide bonds. The zero-order valence-corrected chi connectivity index (χ0v) is 29.5. The van der Waals surface area contributed by atoms with E-state index in [1.165, 1.54) is 23.1 Å². The van der Waals surface area contributed by atoms with Gasteiger partial charge in [-0.25, -0.2) is 0 Å². The second kappa shape index (κ2) is 17.0. The Hall–Kier alpha value is -6.41. The van der Waals surface area contributed by atoms with E-state index in [0.29, 0.717) is 38.0 Å². The first-order valence-electron chi connectivity index (χ1n) is 16.1. The first kappa shape index (κ1) is 35.4. The molecular weight excluding hydrogens is 689 g/mol. The van der Waals surface area contributed by atoms with Crippen LogP contribution in [0.2, 0.25) is 0 Å². The van der Waals surface area contributed by atoms with Gasteiger partial charge >= 0.3 is 0 Å². The van der Waals surface area contributed by atoms with Crippen molar-refractivity contribution in [3.05, 3.63) is 173 Å². The Bertz CT molecular complexity index is 2250. The summed E-state index contributed by atoms with van der Waals surface area (Å²) in [5.41, 5.74) is 4.42. The van der Waals surface area contributed by atoms with Crippen LogP contribution in [0.25, 0.3) is 17.2 Å². The fourth-order valence-electron chi connectivity index (χ4n) is 5.26. The maximum absolute atomic E-state index is 14.0. The van der Waals surface area contributed by atoms with Crippen molar-refractivity contribution < 1.29 is 19.1 Å². The molecule has 0 saturated heterocycles. The molecule has 5 aromatic carbocycles. The Morgan fingerprint density at radius 3 is 2.15 bits per heavy atom. The van der Waals surface area contributed by atoms with E-state index in [1.54, 1.807) is 79.9 Å². The van der Waals surface area contributed by atoms with Crippen molar-refractivity contribution in [3.63, 3.8) is 0 Å². The molecule has 0 aliphatic rings. The molecule has 6 rings (SSSR count). The fourth-order valence-corrected chi connectivity index (χ4v) is 7.27. The smallest absolute Gasteiger partial charge is 0.272 e. The van der Waals surface area contributed by atoms with Crippen molar-refractivity contribution in [1.82, 2.24) is 5.32 Å². The van der Waals surface area contributed by atoms with Gasteiger partial charge in [0.15, 0.2) is 0 Å². The van der Waals surface area contributed by atoms with Gasteiger partial charge in [0.1, 0.15) is 27.8 Å². The van der Waals surface area contributed by atoms with Crippen molar-refractivity contribution in [2.75, 3.05) is 17.7 Å². The third-order valence-corrected chi connectivity index (χ3v) is 10.0. The molecule has 6 aromatic rings. The minimum Gasteiger partial charge on any atom is -0.497 e. The molecule has 52 heavy (non-hydrogen) atoms. The summed E-state index contributed by atoms with van der Waals surface area (Å²) in [7, 11) is 1.57. The van der Waals surface area contributed by atoms with Gasteiger partial charge in [-0.2, -0.15) is 5.26 Å². The lowest BCUT2D eigenvalue weighted by molar-refractivity contribution is -0.116. The summed E-state index contributed by atoms with van der Waals surface area (Å²) in [6.45, 7) is 0. The summed E-state index contributed by atoms with van der Waals surface area (Å²) in [6.07, 6.45) is 1.59. The number of thioether (sulfide) groups is 1. The molecule has 0 fully saturated rings. The van der Waals surface area contributed by atoms with Crippen LogP contribution in [0.15, 0.2) is 155 Å². The number of nitrogens with zero attached hydrogens (tertiary/aromatic N) is 1. The van der Waals surface area contributed by atoms with Gasteiger partial charge in [0, 0.05) is 27.1 Å². The van der Waals surface area contributed by atoms with E-state index in [4.69, 9.17) is 4.74 Å². The van der Waals surface area contributed by atoms with Gasteiger partial charge in [0.2, 0.25) is 5.91 Å². The Morgan fingerprint density at radius 2 is 1.48 bits per heavy atom. The number of carbonyl (C=O) groups is 3. The van der Waals surface area contributed by atoms with Gasteiger partial charge in [-0.3, -0.25) is 14.4 Å². The number of nitriles is 1. The summed E-state index contributed by atoms with van der Waals surface area (Å²) in [5.74, 6) is -0.601. The normalized spacial score (nSPS) is 11.5. The lowest BCUT2D eigenvalue weighted by atomic mass is 10.1. The van der Waals surface area contributed by atoms with E-state index in [-0.39, 0.29) is 11.6 Å². The van der Waals surface area contributed by atoms with E-state index >= 15 is 0 Å². The van der Waals surface area contributed by atoms with E-state index in [1.807, 2.05) is 78.2 Å². The van der Waals surface area contributed by atoms with Gasteiger partial charge < -0.3 is 20.7 Å². The summed E-state index contributed by atoms with van der Waals surface area (Å²) in [4.78, 5) is 41.5. The van der Waals surface area contributed by atoms with Gasteiger partial charge in [-0.05, 0) is 65.2 Å². The minimum atomic E-state index is -0.684. The maximum Gasteiger partial charge on any atom is 0.272 e.